The van der Waals surface area contributed by atoms with Gasteiger partial charge >= 0.3 is 6.03 Å². The van der Waals surface area contributed by atoms with Crippen LogP contribution in [0.15, 0.2) is 10.5 Å². The Hall–Kier alpha value is -2.31. The molecule has 23 heavy (non-hydrogen) atoms. The van der Waals surface area contributed by atoms with E-state index >= 15 is 0 Å². The van der Waals surface area contributed by atoms with Crippen molar-refractivity contribution >= 4 is 17.8 Å². The first-order valence-corrected chi connectivity index (χ1v) is 7.87. The van der Waals surface area contributed by atoms with E-state index in [9.17, 15) is 14.4 Å². The number of carbonyl (C=O) groups is 3. The normalized spacial score (nSPS) is 27.4. The Labute approximate surface area is 134 Å². The quantitative estimate of drug-likeness (QED) is 0.816. The summed E-state index contributed by atoms with van der Waals surface area (Å²) >= 11 is 0. The molecule has 1 aromatic heterocycles. The molecule has 0 unspecified atom stereocenters. The standard InChI is InChI=1S/C16H21N3O4/c1-9-4-6-16(7-5-9)14(21)19(15(22)17-16)18-13(20)12-8-10(2)23-11(12)3/h8-9H,4-7H2,1-3H3,(H,17,22)(H,18,20). The second-order valence-corrected chi connectivity index (χ2v) is 6.60. The minimum absolute atomic E-state index is 0.321. The summed E-state index contributed by atoms with van der Waals surface area (Å²) in [7, 11) is 0. The highest BCUT2D eigenvalue weighted by atomic mass is 16.3. The van der Waals surface area contributed by atoms with E-state index in [1.807, 2.05) is 0 Å². The third-order valence-corrected chi connectivity index (χ3v) is 4.79. The van der Waals surface area contributed by atoms with E-state index in [2.05, 4.69) is 17.7 Å². The first-order chi connectivity index (χ1) is 10.8. The average Bonchev–Trinajstić information content (AvgIpc) is 2.94. The minimum atomic E-state index is -0.863. The van der Waals surface area contributed by atoms with E-state index in [0.29, 0.717) is 35.8 Å². The monoisotopic (exact) mass is 319 g/mol. The molecule has 1 aromatic rings. The Morgan fingerprint density at radius 2 is 2.00 bits per heavy atom. The third kappa shape index (κ3) is 2.60. The fourth-order valence-corrected chi connectivity index (χ4v) is 3.33. The SMILES string of the molecule is Cc1cc(C(=O)NN2C(=O)NC3(CCC(C)CC3)C2=O)c(C)o1. The van der Waals surface area contributed by atoms with Gasteiger partial charge in [0.05, 0.1) is 5.56 Å². The molecule has 2 aliphatic rings. The van der Waals surface area contributed by atoms with E-state index in [-0.39, 0.29) is 5.91 Å². The molecule has 1 spiro atoms. The maximum atomic E-state index is 12.7. The van der Waals surface area contributed by atoms with Crippen LogP contribution in [0.2, 0.25) is 0 Å². The molecule has 124 valence electrons. The fourth-order valence-electron chi connectivity index (χ4n) is 3.33. The zero-order valence-electron chi connectivity index (χ0n) is 13.6. The Bertz CT molecular complexity index is 671. The van der Waals surface area contributed by atoms with Gasteiger partial charge in [-0.05, 0) is 51.5 Å². The van der Waals surface area contributed by atoms with Crippen LogP contribution in [0.1, 0.15) is 54.5 Å². The lowest BCUT2D eigenvalue weighted by atomic mass is 9.77. The topological polar surface area (TPSA) is 91.7 Å². The van der Waals surface area contributed by atoms with Crippen LogP contribution in [-0.2, 0) is 4.79 Å². The summed E-state index contributed by atoms with van der Waals surface area (Å²) in [6.07, 6.45) is 2.98. The summed E-state index contributed by atoms with van der Waals surface area (Å²) in [5.74, 6) is 0.700. The molecule has 2 heterocycles. The molecule has 0 aromatic carbocycles. The van der Waals surface area contributed by atoms with Crippen LogP contribution < -0.4 is 10.7 Å². The summed E-state index contributed by atoms with van der Waals surface area (Å²) in [5.41, 5.74) is 1.86. The molecule has 3 rings (SSSR count). The van der Waals surface area contributed by atoms with Gasteiger partial charge in [0, 0.05) is 0 Å². The molecule has 4 amide bonds. The van der Waals surface area contributed by atoms with Gasteiger partial charge in [-0.2, -0.15) is 5.01 Å². The molecular weight excluding hydrogens is 298 g/mol. The Morgan fingerprint density at radius 3 is 2.57 bits per heavy atom. The molecular formula is C16H21N3O4. The van der Waals surface area contributed by atoms with E-state index in [1.165, 1.54) is 0 Å². The molecule has 0 atom stereocenters. The molecule has 7 nitrogen and oxygen atoms in total. The number of nitrogens with zero attached hydrogens (tertiary/aromatic N) is 1. The highest BCUT2D eigenvalue weighted by Crippen LogP contribution is 2.35. The van der Waals surface area contributed by atoms with Crippen LogP contribution in [0.4, 0.5) is 4.79 Å². The van der Waals surface area contributed by atoms with Crippen molar-refractivity contribution in [1.29, 1.82) is 0 Å². The first kappa shape index (κ1) is 15.6. The van der Waals surface area contributed by atoms with Gasteiger partial charge in [-0.3, -0.25) is 15.0 Å². The summed E-state index contributed by atoms with van der Waals surface area (Å²) in [4.78, 5) is 37.1. The van der Waals surface area contributed by atoms with Crippen molar-refractivity contribution in [3.8, 4) is 0 Å². The summed E-state index contributed by atoms with van der Waals surface area (Å²) in [5, 5.41) is 3.57. The van der Waals surface area contributed by atoms with Crippen molar-refractivity contribution in [3.05, 3.63) is 23.2 Å². The van der Waals surface area contributed by atoms with Gasteiger partial charge in [0.15, 0.2) is 0 Å². The second-order valence-electron chi connectivity index (χ2n) is 6.60. The van der Waals surface area contributed by atoms with Crippen LogP contribution in [0.5, 0.6) is 0 Å². The number of imide groups is 1. The molecule has 0 bridgehead atoms. The largest absolute Gasteiger partial charge is 0.466 e. The van der Waals surface area contributed by atoms with E-state index < -0.39 is 17.5 Å². The maximum Gasteiger partial charge on any atom is 0.344 e. The average molecular weight is 319 g/mol. The van der Waals surface area contributed by atoms with Gasteiger partial charge in [-0.15, -0.1) is 0 Å². The first-order valence-electron chi connectivity index (χ1n) is 7.87. The van der Waals surface area contributed by atoms with Crippen LogP contribution >= 0.6 is 0 Å². The minimum Gasteiger partial charge on any atom is -0.466 e. The smallest absolute Gasteiger partial charge is 0.344 e. The lowest BCUT2D eigenvalue weighted by molar-refractivity contribution is -0.134. The molecule has 2 fully saturated rings. The zero-order valence-corrected chi connectivity index (χ0v) is 13.6. The van der Waals surface area contributed by atoms with Crippen molar-refractivity contribution in [2.45, 2.75) is 52.0 Å². The number of rotatable bonds is 2. The molecule has 7 heteroatoms. The predicted octanol–water partition coefficient (Wildman–Crippen LogP) is 2.04. The van der Waals surface area contributed by atoms with Crippen molar-refractivity contribution in [2.75, 3.05) is 0 Å². The number of aryl methyl sites for hydroxylation is 2. The fraction of sp³-hybridized carbons (Fsp3) is 0.562. The lowest BCUT2D eigenvalue weighted by Gasteiger charge is -2.33. The summed E-state index contributed by atoms with van der Waals surface area (Å²) in [6, 6.07) is 1.01. The van der Waals surface area contributed by atoms with Crippen LogP contribution in [-0.4, -0.2) is 28.4 Å². The van der Waals surface area contributed by atoms with Gasteiger partial charge in [0.2, 0.25) is 0 Å². The molecule has 1 saturated heterocycles. The Kier molecular flexibility index (Phi) is 3.66. The highest BCUT2D eigenvalue weighted by Gasteiger charge is 2.53. The Morgan fingerprint density at radius 1 is 1.35 bits per heavy atom. The number of carbonyl (C=O) groups excluding carboxylic acids is 3. The van der Waals surface area contributed by atoms with Gasteiger partial charge in [0.1, 0.15) is 17.1 Å². The molecule has 1 aliphatic heterocycles. The van der Waals surface area contributed by atoms with E-state index in [1.54, 1.807) is 19.9 Å². The van der Waals surface area contributed by atoms with Crippen molar-refractivity contribution in [3.63, 3.8) is 0 Å². The Balaban J connectivity index is 1.76. The number of hydrazine groups is 1. The zero-order chi connectivity index (χ0) is 16.8. The van der Waals surface area contributed by atoms with E-state index in [4.69, 9.17) is 4.42 Å². The van der Waals surface area contributed by atoms with Crippen molar-refractivity contribution in [2.24, 2.45) is 5.92 Å². The number of nitrogens with one attached hydrogen (secondary N) is 2. The maximum absolute atomic E-state index is 12.7. The second kappa shape index (κ2) is 5.40. The number of amides is 4. The number of furan rings is 1. The van der Waals surface area contributed by atoms with Crippen molar-refractivity contribution < 1.29 is 18.8 Å². The van der Waals surface area contributed by atoms with E-state index in [0.717, 1.165) is 17.9 Å². The highest BCUT2D eigenvalue weighted by molar-refractivity contribution is 6.09. The van der Waals surface area contributed by atoms with Crippen LogP contribution in [0.25, 0.3) is 0 Å². The number of hydrogen-bond donors (Lipinski definition) is 2. The number of hydrogen-bond acceptors (Lipinski definition) is 4. The molecule has 2 N–H and O–H groups in total. The number of urea groups is 1. The van der Waals surface area contributed by atoms with Gasteiger partial charge in [0.25, 0.3) is 11.8 Å². The molecule has 0 radical (unpaired) electrons. The molecule has 1 saturated carbocycles. The van der Waals surface area contributed by atoms with Gasteiger partial charge in [-0.25, -0.2) is 4.79 Å². The third-order valence-electron chi connectivity index (χ3n) is 4.79. The summed E-state index contributed by atoms with van der Waals surface area (Å²) < 4.78 is 5.31. The van der Waals surface area contributed by atoms with Crippen molar-refractivity contribution in [1.82, 2.24) is 15.8 Å². The summed E-state index contributed by atoms with van der Waals surface area (Å²) in [6.45, 7) is 5.53. The van der Waals surface area contributed by atoms with Crippen LogP contribution in [0, 0.1) is 19.8 Å². The predicted molar refractivity (Wildman–Crippen MR) is 81.4 cm³/mol. The van der Waals surface area contributed by atoms with Gasteiger partial charge < -0.3 is 9.73 Å². The van der Waals surface area contributed by atoms with Crippen LogP contribution in [0.3, 0.4) is 0 Å². The lowest BCUT2D eigenvalue weighted by Crippen LogP contribution is -2.51. The molecule has 1 aliphatic carbocycles. The van der Waals surface area contributed by atoms with Gasteiger partial charge in [-0.1, -0.05) is 6.92 Å².